The van der Waals surface area contributed by atoms with Gasteiger partial charge in [-0.3, -0.25) is 4.68 Å². The molecule has 0 aliphatic rings. The molecular weight excluding hydrogens is 312 g/mol. The Kier molecular flexibility index (Phi) is 7.22. The maximum atomic E-state index is 5.73. The average Bonchev–Trinajstić information content (AvgIpc) is 2.96. The fraction of sp³-hybridized carbons (Fsp3) is 0.450. The van der Waals surface area contributed by atoms with Crippen LogP contribution in [0.1, 0.15) is 19.4 Å². The van der Waals surface area contributed by atoms with Gasteiger partial charge in [-0.1, -0.05) is 6.08 Å². The number of rotatable bonds is 10. The van der Waals surface area contributed by atoms with E-state index in [4.69, 9.17) is 9.84 Å². The van der Waals surface area contributed by atoms with Crippen molar-refractivity contribution >= 4 is 0 Å². The second-order valence-electron chi connectivity index (χ2n) is 6.55. The second kappa shape index (κ2) is 9.39. The van der Waals surface area contributed by atoms with Gasteiger partial charge in [0.05, 0.1) is 18.3 Å². The Labute approximate surface area is 151 Å². The van der Waals surface area contributed by atoms with Crippen LogP contribution >= 0.6 is 0 Å². The van der Waals surface area contributed by atoms with Gasteiger partial charge < -0.3 is 15.0 Å². The Bertz CT molecular complexity index is 661. The molecule has 0 atom stereocenters. The first-order valence-corrected chi connectivity index (χ1v) is 8.81. The molecule has 136 valence electrons. The largest absolute Gasteiger partial charge is 0.491 e. The Morgan fingerprint density at radius 3 is 2.64 bits per heavy atom. The summed E-state index contributed by atoms with van der Waals surface area (Å²) < 4.78 is 7.68. The van der Waals surface area contributed by atoms with Crippen molar-refractivity contribution in [1.82, 2.24) is 20.0 Å². The SMILES string of the molecule is C=CCn1cc(CN(C)CCNC)c(-c2ccc(OC(C)C)cc2)n1. The predicted molar refractivity (Wildman–Crippen MR) is 104 cm³/mol. The molecule has 0 aliphatic carbocycles. The molecular formula is C20H30N4O. The number of hydrogen-bond acceptors (Lipinski definition) is 4. The van der Waals surface area contributed by atoms with E-state index >= 15 is 0 Å². The molecule has 1 aromatic carbocycles. The second-order valence-corrected chi connectivity index (χ2v) is 6.55. The van der Waals surface area contributed by atoms with E-state index in [0.29, 0.717) is 6.54 Å². The number of aromatic nitrogens is 2. The molecule has 0 aliphatic heterocycles. The minimum absolute atomic E-state index is 0.175. The lowest BCUT2D eigenvalue weighted by molar-refractivity contribution is 0.242. The van der Waals surface area contributed by atoms with Crippen LogP contribution in [0.25, 0.3) is 11.3 Å². The summed E-state index contributed by atoms with van der Waals surface area (Å²) >= 11 is 0. The summed E-state index contributed by atoms with van der Waals surface area (Å²) in [4.78, 5) is 2.30. The van der Waals surface area contributed by atoms with Gasteiger partial charge in [0, 0.05) is 37.0 Å². The molecule has 0 saturated heterocycles. The maximum absolute atomic E-state index is 5.73. The van der Waals surface area contributed by atoms with E-state index < -0.39 is 0 Å². The zero-order valence-electron chi connectivity index (χ0n) is 15.8. The normalized spacial score (nSPS) is 11.3. The highest BCUT2D eigenvalue weighted by Gasteiger charge is 2.13. The molecule has 1 N–H and O–H groups in total. The summed E-state index contributed by atoms with van der Waals surface area (Å²) in [5.74, 6) is 0.886. The molecule has 2 rings (SSSR count). The van der Waals surface area contributed by atoms with Gasteiger partial charge in [0.2, 0.25) is 0 Å². The first-order valence-electron chi connectivity index (χ1n) is 8.81. The fourth-order valence-corrected chi connectivity index (χ4v) is 2.68. The molecule has 0 saturated carbocycles. The number of allylic oxidation sites excluding steroid dienone is 1. The van der Waals surface area contributed by atoms with Crippen molar-refractivity contribution in [3.05, 3.63) is 48.7 Å². The number of nitrogens with one attached hydrogen (secondary N) is 1. The lowest BCUT2D eigenvalue weighted by Gasteiger charge is -2.16. The first-order chi connectivity index (χ1) is 12.0. The van der Waals surface area contributed by atoms with Crippen LogP contribution < -0.4 is 10.1 Å². The molecule has 25 heavy (non-hydrogen) atoms. The van der Waals surface area contributed by atoms with Gasteiger partial charge in [0.15, 0.2) is 0 Å². The monoisotopic (exact) mass is 342 g/mol. The molecule has 0 bridgehead atoms. The van der Waals surface area contributed by atoms with E-state index in [0.717, 1.165) is 36.6 Å². The Morgan fingerprint density at radius 2 is 2.04 bits per heavy atom. The van der Waals surface area contributed by atoms with Crippen molar-refractivity contribution in [2.75, 3.05) is 27.2 Å². The van der Waals surface area contributed by atoms with Gasteiger partial charge in [0.25, 0.3) is 0 Å². The third-order valence-electron chi connectivity index (χ3n) is 3.84. The van der Waals surface area contributed by atoms with Crippen LogP contribution in [0.15, 0.2) is 43.1 Å². The van der Waals surface area contributed by atoms with Gasteiger partial charge in [0.1, 0.15) is 5.75 Å². The maximum Gasteiger partial charge on any atom is 0.119 e. The number of benzene rings is 1. The molecule has 0 amide bonds. The number of hydrogen-bond donors (Lipinski definition) is 1. The Balaban J connectivity index is 2.23. The summed E-state index contributed by atoms with van der Waals surface area (Å²) in [6.45, 7) is 11.4. The van der Waals surface area contributed by atoms with Gasteiger partial charge >= 0.3 is 0 Å². The molecule has 0 unspecified atom stereocenters. The van der Waals surface area contributed by atoms with Crippen LogP contribution in [0.3, 0.4) is 0 Å². The molecule has 1 aromatic heterocycles. The molecule has 1 heterocycles. The van der Waals surface area contributed by atoms with E-state index in [1.807, 2.05) is 43.8 Å². The fourth-order valence-electron chi connectivity index (χ4n) is 2.68. The standard InChI is InChI=1S/C20H30N4O/c1-6-12-24-15-18(14-23(5)13-11-21-4)20(22-24)17-7-9-19(10-8-17)25-16(2)3/h6-10,15-16,21H,1,11-14H2,2-5H3. The van der Waals surface area contributed by atoms with Gasteiger partial charge in [-0.15, -0.1) is 6.58 Å². The van der Waals surface area contributed by atoms with E-state index in [-0.39, 0.29) is 6.10 Å². The minimum Gasteiger partial charge on any atom is -0.491 e. The van der Waals surface area contributed by atoms with Crippen molar-refractivity contribution in [2.24, 2.45) is 0 Å². The van der Waals surface area contributed by atoms with Crippen molar-refractivity contribution in [3.8, 4) is 17.0 Å². The molecule has 0 spiro atoms. The highest BCUT2D eigenvalue weighted by Crippen LogP contribution is 2.26. The van der Waals surface area contributed by atoms with Gasteiger partial charge in [-0.25, -0.2) is 0 Å². The third kappa shape index (κ3) is 5.73. The molecule has 0 fully saturated rings. The zero-order valence-corrected chi connectivity index (χ0v) is 15.8. The van der Waals surface area contributed by atoms with Crippen LogP contribution in [0.4, 0.5) is 0 Å². The van der Waals surface area contributed by atoms with E-state index in [1.165, 1.54) is 5.56 Å². The molecule has 5 heteroatoms. The van der Waals surface area contributed by atoms with Crippen LogP contribution in [0.2, 0.25) is 0 Å². The zero-order chi connectivity index (χ0) is 18.2. The molecule has 0 radical (unpaired) electrons. The van der Waals surface area contributed by atoms with Crippen LogP contribution in [0.5, 0.6) is 5.75 Å². The predicted octanol–water partition coefficient (Wildman–Crippen LogP) is 3.17. The number of ether oxygens (including phenoxy) is 1. The molecule has 5 nitrogen and oxygen atoms in total. The Morgan fingerprint density at radius 1 is 1.32 bits per heavy atom. The van der Waals surface area contributed by atoms with Crippen LogP contribution in [0, 0.1) is 0 Å². The minimum atomic E-state index is 0.175. The van der Waals surface area contributed by atoms with Crippen molar-refractivity contribution in [1.29, 1.82) is 0 Å². The summed E-state index contributed by atoms with van der Waals surface area (Å²) in [5.41, 5.74) is 3.35. The van der Waals surface area contributed by atoms with Crippen LogP contribution in [-0.4, -0.2) is 48.0 Å². The highest BCUT2D eigenvalue weighted by atomic mass is 16.5. The van der Waals surface area contributed by atoms with Crippen molar-refractivity contribution in [3.63, 3.8) is 0 Å². The summed E-state index contributed by atoms with van der Waals surface area (Å²) in [6.07, 6.45) is 4.16. The number of nitrogens with zero attached hydrogens (tertiary/aromatic N) is 3. The Hall–Kier alpha value is -2.11. The van der Waals surface area contributed by atoms with Gasteiger partial charge in [-0.05, 0) is 52.2 Å². The molecule has 2 aromatic rings. The van der Waals surface area contributed by atoms with Crippen molar-refractivity contribution < 1.29 is 4.74 Å². The average molecular weight is 342 g/mol. The number of likely N-dealkylation sites (N-methyl/N-ethyl adjacent to an activating group) is 2. The topological polar surface area (TPSA) is 42.3 Å². The lowest BCUT2D eigenvalue weighted by atomic mass is 10.1. The quantitative estimate of drug-likeness (QED) is 0.674. The highest BCUT2D eigenvalue weighted by molar-refractivity contribution is 5.63. The van der Waals surface area contributed by atoms with Crippen molar-refractivity contribution in [2.45, 2.75) is 33.0 Å². The summed E-state index contributed by atoms with van der Waals surface area (Å²) in [7, 11) is 4.10. The lowest BCUT2D eigenvalue weighted by Crippen LogP contribution is -2.27. The van der Waals surface area contributed by atoms with E-state index in [2.05, 4.69) is 42.2 Å². The summed E-state index contributed by atoms with van der Waals surface area (Å²) in [6, 6.07) is 8.18. The third-order valence-corrected chi connectivity index (χ3v) is 3.84. The first kappa shape index (κ1) is 19.2. The van der Waals surface area contributed by atoms with E-state index in [1.54, 1.807) is 0 Å². The van der Waals surface area contributed by atoms with E-state index in [9.17, 15) is 0 Å². The van der Waals surface area contributed by atoms with Crippen LogP contribution in [-0.2, 0) is 13.1 Å². The van der Waals surface area contributed by atoms with Gasteiger partial charge in [-0.2, -0.15) is 5.10 Å². The smallest absolute Gasteiger partial charge is 0.119 e. The summed E-state index contributed by atoms with van der Waals surface area (Å²) in [5, 5.41) is 7.94.